The summed E-state index contributed by atoms with van der Waals surface area (Å²) in [5.74, 6) is 1.79. The first kappa shape index (κ1) is 20.9. The molecule has 2 heterocycles. The molecule has 0 saturated heterocycles. The lowest BCUT2D eigenvalue weighted by molar-refractivity contribution is -0.272. The fourth-order valence-electron chi connectivity index (χ4n) is 5.09. The van der Waals surface area contributed by atoms with Crippen LogP contribution in [0, 0.1) is 5.41 Å². The molecule has 1 unspecified atom stereocenters. The van der Waals surface area contributed by atoms with Gasteiger partial charge in [0.2, 0.25) is 5.79 Å². The summed E-state index contributed by atoms with van der Waals surface area (Å²) in [7, 11) is 4.87. The van der Waals surface area contributed by atoms with Crippen LogP contribution in [0.4, 0.5) is 0 Å². The summed E-state index contributed by atoms with van der Waals surface area (Å²) in [4.78, 5) is 13.3. The van der Waals surface area contributed by atoms with Crippen molar-refractivity contribution in [3.8, 4) is 17.2 Å². The van der Waals surface area contributed by atoms with E-state index < -0.39 is 11.9 Å². The van der Waals surface area contributed by atoms with Crippen molar-refractivity contribution in [2.75, 3.05) is 21.3 Å². The minimum Gasteiger partial charge on any atom is -0.497 e. The van der Waals surface area contributed by atoms with Crippen molar-refractivity contribution in [3.63, 3.8) is 0 Å². The number of methoxy groups -OCH3 is 3. The molecule has 5 rings (SSSR count). The van der Waals surface area contributed by atoms with E-state index >= 15 is 0 Å². The van der Waals surface area contributed by atoms with Crippen molar-refractivity contribution < 1.29 is 28.5 Å². The molecule has 6 nitrogen and oxygen atoms in total. The maximum Gasteiger partial charge on any atom is 0.241 e. The molecule has 0 saturated carbocycles. The zero-order valence-corrected chi connectivity index (χ0v) is 19.1. The summed E-state index contributed by atoms with van der Waals surface area (Å²) in [6, 6.07) is 11.6. The van der Waals surface area contributed by atoms with Crippen LogP contribution < -0.4 is 14.2 Å². The van der Waals surface area contributed by atoms with Gasteiger partial charge < -0.3 is 23.7 Å². The van der Waals surface area contributed by atoms with Crippen LogP contribution >= 0.6 is 0 Å². The summed E-state index contributed by atoms with van der Waals surface area (Å²) in [6.45, 7) is 4.20. The molecule has 0 aromatic heterocycles. The summed E-state index contributed by atoms with van der Waals surface area (Å²) >= 11 is 0. The van der Waals surface area contributed by atoms with Crippen LogP contribution in [0.3, 0.4) is 0 Å². The van der Waals surface area contributed by atoms with E-state index in [1.807, 2.05) is 36.4 Å². The second-order valence-corrected chi connectivity index (χ2v) is 9.44. The first-order chi connectivity index (χ1) is 15.3. The van der Waals surface area contributed by atoms with Crippen molar-refractivity contribution in [1.29, 1.82) is 0 Å². The third-order valence-corrected chi connectivity index (χ3v) is 6.62. The normalized spacial score (nSPS) is 25.4. The lowest BCUT2D eigenvalue weighted by Gasteiger charge is -2.50. The van der Waals surface area contributed by atoms with E-state index in [0.717, 1.165) is 28.2 Å². The number of hydrogen-bond acceptors (Lipinski definition) is 6. The molecular weight excluding hydrogens is 408 g/mol. The number of rotatable bonds is 4. The molecule has 0 radical (unpaired) electrons. The maximum atomic E-state index is 13.3. The van der Waals surface area contributed by atoms with Gasteiger partial charge in [0.05, 0.1) is 26.9 Å². The van der Waals surface area contributed by atoms with Crippen LogP contribution in [0.5, 0.6) is 17.2 Å². The topological polar surface area (TPSA) is 63.2 Å². The Balaban J connectivity index is 1.71. The number of ketones is 1. The molecule has 1 aliphatic carbocycles. The van der Waals surface area contributed by atoms with Crippen molar-refractivity contribution in [2.24, 2.45) is 5.41 Å². The lowest BCUT2D eigenvalue weighted by Crippen LogP contribution is -2.47. The van der Waals surface area contributed by atoms with E-state index in [-0.39, 0.29) is 11.2 Å². The molecular formula is C26H28O6. The Hall–Kier alpha value is -2.99. The molecule has 3 aliphatic rings. The van der Waals surface area contributed by atoms with E-state index in [0.29, 0.717) is 36.3 Å². The van der Waals surface area contributed by atoms with E-state index in [1.165, 1.54) is 0 Å². The third-order valence-electron chi connectivity index (χ3n) is 6.62. The Labute approximate surface area is 188 Å². The van der Waals surface area contributed by atoms with Crippen LogP contribution in [0.2, 0.25) is 0 Å². The van der Waals surface area contributed by atoms with E-state index in [1.54, 1.807) is 21.3 Å². The SMILES string of the molecule is COc1ccc([C@]23Cc4cc(OC)c(OC)cc4C(O2)C2=C(CC(C)(C)CC2=O)O3)cc1. The van der Waals surface area contributed by atoms with Crippen LogP contribution in [0.25, 0.3) is 0 Å². The molecule has 6 heteroatoms. The molecule has 0 spiro atoms. The lowest BCUT2D eigenvalue weighted by atomic mass is 9.72. The molecule has 2 aromatic rings. The van der Waals surface area contributed by atoms with Gasteiger partial charge in [0.15, 0.2) is 17.3 Å². The number of ether oxygens (including phenoxy) is 5. The van der Waals surface area contributed by atoms with Gasteiger partial charge in [0.25, 0.3) is 0 Å². The Morgan fingerprint density at radius 1 is 0.906 bits per heavy atom. The van der Waals surface area contributed by atoms with Gasteiger partial charge in [-0.3, -0.25) is 4.79 Å². The number of allylic oxidation sites excluding steroid dienone is 1. The number of hydrogen-bond donors (Lipinski definition) is 0. The highest BCUT2D eigenvalue weighted by molar-refractivity contribution is 5.98. The van der Waals surface area contributed by atoms with Gasteiger partial charge in [0, 0.05) is 24.8 Å². The molecule has 0 fully saturated rings. The number of Topliss-reactive ketones (excluding diaryl/α,β-unsaturated/α-hetero) is 1. The summed E-state index contributed by atoms with van der Waals surface area (Å²) in [5.41, 5.74) is 3.28. The average molecular weight is 437 g/mol. The highest BCUT2D eigenvalue weighted by Gasteiger charge is 2.53. The highest BCUT2D eigenvalue weighted by Crippen LogP contribution is 2.56. The number of fused-ring (bicyclic) bond motifs is 5. The van der Waals surface area contributed by atoms with Crippen molar-refractivity contribution in [3.05, 3.63) is 64.4 Å². The quantitative estimate of drug-likeness (QED) is 0.683. The average Bonchev–Trinajstić information content (AvgIpc) is 2.77. The largest absolute Gasteiger partial charge is 0.497 e. The zero-order chi connectivity index (χ0) is 22.7. The van der Waals surface area contributed by atoms with Crippen molar-refractivity contribution in [2.45, 2.75) is 45.0 Å². The zero-order valence-electron chi connectivity index (χ0n) is 19.1. The van der Waals surface area contributed by atoms with Gasteiger partial charge in [-0.2, -0.15) is 0 Å². The molecule has 2 atom stereocenters. The maximum absolute atomic E-state index is 13.3. The predicted octanol–water partition coefficient (Wildman–Crippen LogP) is 4.85. The summed E-state index contributed by atoms with van der Waals surface area (Å²) in [5, 5.41) is 0. The van der Waals surface area contributed by atoms with E-state index in [2.05, 4.69) is 13.8 Å². The minimum atomic E-state index is -1.03. The molecule has 168 valence electrons. The Morgan fingerprint density at radius 2 is 1.59 bits per heavy atom. The Morgan fingerprint density at radius 3 is 2.25 bits per heavy atom. The number of carbonyl (C=O) groups excluding carboxylic acids is 1. The number of carbonyl (C=O) groups is 1. The molecule has 2 aliphatic heterocycles. The molecule has 32 heavy (non-hydrogen) atoms. The summed E-state index contributed by atoms with van der Waals surface area (Å²) < 4.78 is 29.7. The van der Waals surface area contributed by atoms with Gasteiger partial charge >= 0.3 is 0 Å². The highest BCUT2D eigenvalue weighted by atomic mass is 16.7. The molecule has 0 N–H and O–H groups in total. The fourth-order valence-corrected chi connectivity index (χ4v) is 5.09. The second-order valence-electron chi connectivity index (χ2n) is 9.44. The van der Waals surface area contributed by atoms with Gasteiger partial charge in [-0.05, 0) is 52.9 Å². The Bertz CT molecular complexity index is 1110. The Kier molecular flexibility index (Phi) is 4.75. The van der Waals surface area contributed by atoms with Gasteiger partial charge in [-0.1, -0.05) is 13.8 Å². The van der Waals surface area contributed by atoms with Crippen LogP contribution in [-0.4, -0.2) is 27.1 Å². The van der Waals surface area contributed by atoms with Crippen molar-refractivity contribution >= 4 is 5.78 Å². The van der Waals surface area contributed by atoms with Crippen LogP contribution in [0.15, 0.2) is 47.7 Å². The minimum absolute atomic E-state index is 0.0761. The molecule has 2 aromatic carbocycles. The fraction of sp³-hybridized carbons (Fsp3) is 0.423. The smallest absolute Gasteiger partial charge is 0.241 e. The molecule has 0 amide bonds. The van der Waals surface area contributed by atoms with Gasteiger partial charge in [-0.25, -0.2) is 0 Å². The van der Waals surface area contributed by atoms with Gasteiger partial charge in [0.1, 0.15) is 17.6 Å². The van der Waals surface area contributed by atoms with Crippen molar-refractivity contribution in [1.82, 2.24) is 0 Å². The van der Waals surface area contributed by atoms with Crippen LogP contribution in [-0.2, 0) is 26.5 Å². The van der Waals surface area contributed by atoms with Crippen LogP contribution in [0.1, 0.15) is 49.5 Å². The first-order valence-corrected chi connectivity index (χ1v) is 10.8. The third kappa shape index (κ3) is 3.16. The van der Waals surface area contributed by atoms with E-state index in [4.69, 9.17) is 23.7 Å². The molecule has 2 bridgehead atoms. The number of benzene rings is 2. The second kappa shape index (κ2) is 7.27. The van der Waals surface area contributed by atoms with E-state index in [9.17, 15) is 4.79 Å². The monoisotopic (exact) mass is 436 g/mol. The first-order valence-electron chi connectivity index (χ1n) is 10.8. The van der Waals surface area contributed by atoms with Gasteiger partial charge in [-0.15, -0.1) is 0 Å². The summed E-state index contributed by atoms with van der Waals surface area (Å²) in [6.07, 6.45) is 1.12. The standard InChI is InChI=1S/C26H28O6/c1-25(2)13-19(27)23-22(14-25)31-26(16-6-8-17(28-3)9-7-16)12-15-10-20(29-4)21(30-5)11-18(15)24(23)32-26/h6-11,24H,12-14H2,1-5H3/t24?,26-/m0/s1. The predicted molar refractivity (Wildman–Crippen MR) is 118 cm³/mol.